The molecular weight excluding hydrogens is 769 g/mol. The van der Waals surface area contributed by atoms with Gasteiger partial charge in [-0.15, -0.1) is 0 Å². The third-order valence-electron chi connectivity index (χ3n) is 11.1. The van der Waals surface area contributed by atoms with E-state index in [4.69, 9.17) is 17.0 Å². The fourth-order valence-corrected chi connectivity index (χ4v) is 12.4. The molecule has 0 radical (unpaired) electrons. The maximum absolute atomic E-state index is 6.26. The Bertz CT molecular complexity index is 1310. The molecule has 0 N–H and O–H groups in total. The zero-order valence-corrected chi connectivity index (χ0v) is 37.9. The molecule has 0 saturated carbocycles. The standard InChI is InChI=1S/C20H30.C10H15.C5H5.2CH3.4ClH.2Zr/c1-11-13(3)17(19(7,8)15(11)5)18-14(4)12(2)16(6)20(18,9)10;1-7-6-10(4,5)9(3)8(7)2;1-2-4-5-3-1;;;;;;;;/h1-10H3;1-5H3;1-3H,4H2;2*1H3;4*1H;;/q;;;;;;;;;2*+2/p-4. The first-order valence-corrected chi connectivity index (χ1v) is 28.8. The quantitative estimate of drug-likeness (QED) is 0.271. The van der Waals surface area contributed by atoms with E-state index in [2.05, 4.69) is 116 Å². The second-order valence-electron chi connectivity index (χ2n) is 15.0. The third-order valence-corrected chi connectivity index (χ3v) is 21.7. The van der Waals surface area contributed by atoms with Gasteiger partial charge in [-0.1, -0.05) is 38.8 Å². The smallest absolute Gasteiger partial charge is 1.00 e. The zero-order chi connectivity index (χ0) is 32.3. The normalized spacial score (nSPS) is 23.0. The summed E-state index contributed by atoms with van der Waals surface area (Å²) in [5.74, 6) is 0. The van der Waals surface area contributed by atoms with Crippen LogP contribution in [-0.4, -0.2) is 0 Å². The van der Waals surface area contributed by atoms with E-state index in [0.29, 0.717) is 5.41 Å². The Morgan fingerprint density at radius 1 is 0.581 bits per heavy atom. The Kier molecular flexibility index (Phi) is 14.8. The van der Waals surface area contributed by atoms with Gasteiger partial charge in [-0.25, -0.2) is 0 Å². The molecule has 0 atom stereocenters. The van der Waals surface area contributed by atoms with Gasteiger partial charge in [-0.2, -0.15) is 0 Å². The zero-order valence-electron chi connectivity index (χ0n) is 30.0. The molecule has 0 aromatic rings. The van der Waals surface area contributed by atoms with Crippen molar-refractivity contribution in [3.8, 4) is 0 Å². The second-order valence-corrected chi connectivity index (χ2v) is 42.2. The van der Waals surface area contributed by atoms with Crippen molar-refractivity contribution in [3.63, 3.8) is 0 Å². The second kappa shape index (κ2) is 14.5. The van der Waals surface area contributed by atoms with Crippen LogP contribution in [0.5, 0.6) is 0 Å². The summed E-state index contributed by atoms with van der Waals surface area (Å²) in [7, 11) is 12.5. The molecule has 0 nitrogen and oxygen atoms in total. The molecule has 4 rings (SSSR count). The maximum Gasteiger partial charge on any atom is -1.00 e. The van der Waals surface area contributed by atoms with Gasteiger partial charge in [0.2, 0.25) is 0 Å². The van der Waals surface area contributed by atoms with Crippen molar-refractivity contribution in [2.75, 3.05) is 0 Å². The molecule has 0 aliphatic heterocycles. The first-order valence-electron chi connectivity index (χ1n) is 15.1. The van der Waals surface area contributed by atoms with E-state index < -0.39 is 16.4 Å². The molecule has 0 bridgehead atoms. The van der Waals surface area contributed by atoms with Gasteiger partial charge in [0, 0.05) is 10.8 Å². The van der Waals surface area contributed by atoms with Crippen LogP contribution in [0.4, 0.5) is 0 Å². The van der Waals surface area contributed by atoms with Crippen LogP contribution < -0.4 is 24.8 Å². The molecular formula is C37H56Cl4Zr2. The van der Waals surface area contributed by atoms with Crippen LogP contribution in [0.3, 0.4) is 0 Å². The van der Waals surface area contributed by atoms with Gasteiger partial charge in [0.05, 0.1) is 0 Å². The van der Waals surface area contributed by atoms with Crippen molar-refractivity contribution in [1.29, 1.82) is 0 Å². The van der Waals surface area contributed by atoms with E-state index in [0.717, 1.165) is 6.42 Å². The molecule has 0 heterocycles. The third kappa shape index (κ3) is 8.47. The van der Waals surface area contributed by atoms with E-state index in [1.165, 1.54) is 47.9 Å². The first kappa shape index (κ1) is 43.8. The van der Waals surface area contributed by atoms with Crippen molar-refractivity contribution >= 4 is 17.0 Å². The molecule has 0 aromatic heterocycles. The van der Waals surface area contributed by atoms with Crippen molar-refractivity contribution in [2.24, 2.45) is 16.2 Å². The number of hydrogen-bond acceptors (Lipinski definition) is 0. The van der Waals surface area contributed by atoms with Gasteiger partial charge in [-0.3, -0.25) is 0 Å². The predicted octanol–water partition coefficient (Wildman–Crippen LogP) is 7.49. The number of rotatable bonds is 2. The molecule has 0 fully saturated rings. The average molecular weight is 825 g/mol. The van der Waals surface area contributed by atoms with E-state index in [-0.39, 0.29) is 35.6 Å². The molecule has 0 amide bonds. The number of hydrogen-bond donors (Lipinski definition) is 0. The molecule has 240 valence electrons. The van der Waals surface area contributed by atoms with Gasteiger partial charge in [-0.05, 0) is 75.0 Å². The Labute approximate surface area is 301 Å². The fraction of sp³-hybridized carbons (Fsp3) is 0.568. The topological polar surface area (TPSA) is 0 Å². The Balaban J connectivity index is 0.000000655. The van der Waals surface area contributed by atoms with Gasteiger partial charge in [0.15, 0.2) is 0 Å². The van der Waals surface area contributed by atoms with Gasteiger partial charge in [0.25, 0.3) is 0 Å². The molecule has 0 aromatic carbocycles. The van der Waals surface area contributed by atoms with E-state index in [1.54, 1.807) is 44.7 Å². The monoisotopic (exact) mass is 820 g/mol. The van der Waals surface area contributed by atoms with Crippen LogP contribution in [0.1, 0.15) is 110 Å². The summed E-state index contributed by atoms with van der Waals surface area (Å²) in [5, 5.41) is 0. The summed E-state index contributed by atoms with van der Waals surface area (Å²) in [6, 6.07) is 0. The van der Waals surface area contributed by atoms with Crippen LogP contribution in [0, 0.1) is 16.2 Å². The number of halogens is 4. The van der Waals surface area contributed by atoms with E-state index in [1.807, 2.05) is 15.3 Å². The van der Waals surface area contributed by atoms with Crippen molar-refractivity contribution in [1.82, 2.24) is 0 Å². The molecule has 6 heteroatoms. The summed E-state index contributed by atoms with van der Waals surface area (Å²) in [4.78, 5) is 0. The number of allylic oxidation sites excluding steroid dienone is 16. The van der Waals surface area contributed by atoms with Crippen LogP contribution in [-0.2, 0) is 41.1 Å². The van der Waals surface area contributed by atoms with E-state index in [9.17, 15) is 0 Å². The van der Waals surface area contributed by atoms with Crippen molar-refractivity contribution in [3.05, 3.63) is 86.1 Å². The summed E-state index contributed by atoms with van der Waals surface area (Å²) < 4.78 is 6.93. The summed E-state index contributed by atoms with van der Waals surface area (Å²) >= 11 is -1.69. The van der Waals surface area contributed by atoms with Crippen LogP contribution in [0.25, 0.3) is 0 Å². The van der Waals surface area contributed by atoms with Gasteiger partial charge < -0.3 is 24.8 Å². The minimum absolute atomic E-state index is 0. The molecule has 0 spiro atoms. The molecule has 4 aliphatic rings. The van der Waals surface area contributed by atoms with Gasteiger partial charge in [0.1, 0.15) is 0 Å². The first-order chi connectivity index (χ1) is 18.2. The fourth-order valence-electron chi connectivity index (χ4n) is 6.74. The average Bonchev–Trinajstić information content (AvgIpc) is 3.53. The Morgan fingerprint density at radius 2 is 0.907 bits per heavy atom. The summed E-state index contributed by atoms with van der Waals surface area (Å²) in [6.07, 6.45) is 7.15. The Hall–Kier alpha value is 0.846. The SMILES string of the molecule is CC1=C(C)C(C)(C)C(C2=C(C)C(C)=C(C)C2(C)C)=C1C.CC1=C(C)C(C)(C)[C]([Zr+2])=C1C.[CH3][Zr]([CH3])([Cl])([Cl])[C]1=CC=CC1.[Cl-].[Cl-]. The van der Waals surface area contributed by atoms with E-state index >= 15 is 0 Å². The minimum atomic E-state index is -3.26. The van der Waals surface area contributed by atoms with Crippen LogP contribution >= 0.6 is 17.0 Å². The Morgan fingerprint density at radius 3 is 1.05 bits per heavy atom. The molecule has 0 unspecified atom stereocenters. The molecule has 43 heavy (non-hydrogen) atoms. The van der Waals surface area contributed by atoms with Crippen LogP contribution in [0.15, 0.2) is 86.1 Å². The minimum Gasteiger partial charge on any atom is -1.00 e. The van der Waals surface area contributed by atoms with Gasteiger partial charge >= 0.3 is 155 Å². The maximum atomic E-state index is 6.26. The largest absolute Gasteiger partial charge is 1.00 e. The van der Waals surface area contributed by atoms with Crippen molar-refractivity contribution < 1.29 is 65.9 Å². The predicted molar refractivity (Wildman–Crippen MR) is 180 cm³/mol. The molecule has 4 aliphatic carbocycles. The van der Waals surface area contributed by atoms with Crippen LogP contribution in [0.2, 0.25) is 9.26 Å². The summed E-state index contributed by atoms with van der Waals surface area (Å²) in [5.41, 5.74) is 17.5. The van der Waals surface area contributed by atoms with Crippen molar-refractivity contribution in [2.45, 2.75) is 120 Å². The summed E-state index contributed by atoms with van der Waals surface area (Å²) in [6.45, 7) is 34.7. The molecule has 0 saturated heterocycles.